The Kier molecular flexibility index (Phi) is 11.1. The number of rotatable bonds is 8. The number of phosphoric ester groups is 1. The number of carbonyl (C=O) groups is 1. The molecule has 0 radical (unpaired) electrons. The SMILES string of the molecule is CC(C)OCC(=O)OCSP1(=O)OC[C@H]2O[C@@H](n3cnc4c(N)ncnc43)[C@H](F)[C@@H]2OP(=O)(O)OC[C@H]2O[C@@H](n3ccc(=O)[nH]c3=O)[C@H](O1)[C@@H]2F. The van der Waals surface area contributed by atoms with Gasteiger partial charge in [0, 0.05) is 23.6 Å². The van der Waals surface area contributed by atoms with Gasteiger partial charge in [0.05, 0.1) is 25.6 Å². The molecule has 3 aliphatic rings. The number of alkyl halides is 2. The lowest BCUT2D eigenvalue weighted by Gasteiger charge is -2.27. The summed E-state index contributed by atoms with van der Waals surface area (Å²) in [5, 5.41) is 0. The van der Waals surface area contributed by atoms with E-state index >= 15 is 8.78 Å². The van der Waals surface area contributed by atoms with Crippen molar-refractivity contribution in [3.8, 4) is 0 Å². The number of esters is 1. The lowest BCUT2D eigenvalue weighted by atomic mass is 10.1. The van der Waals surface area contributed by atoms with E-state index in [0.717, 1.165) is 34.1 Å². The van der Waals surface area contributed by atoms with Crippen molar-refractivity contribution in [1.29, 1.82) is 0 Å². The smallest absolute Gasteiger partial charge is 0.452 e. The number of nitrogen functional groups attached to an aromatic ring is 1. The van der Waals surface area contributed by atoms with Crippen LogP contribution in [0, 0.1) is 0 Å². The summed E-state index contributed by atoms with van der Waals surface area (Å²) in [4.78, 5) is 61.0. The van der Waals surface area contributed by atoms with E-state index in [0.29, 0.717) is 0 Å². The van der Waals surface area contributed by atoms with Crippen LogP contribution in [-0.4, -0.2) is 109 Å². The summed E-state index contributed by atoms with van der Waals surface area (Å²) in [6.07, 6.45) is -12.4. The standard InChI is InChI=1S/C25H31F2N7O14P2S/c1-11(2)41-7-15(36)42-10-51-50(40)44-6-13-19(17(27)23(46-13)34-9-31-18-21(28)29-8-30-22(18)34)47-49(38,39)43-5-12-16(26)20(48-50)24(45-12)33-4-3-14(35)32-25(33)37/h3-4,8-9,11-13,16-17,19-20,23-24H,5-7,10H2,1-2H3,(H,38,39)(H2,28,29,30)(H,32,35,37)/t12-,13-,16-,17-,19-,20-,23-,24-,50?/m1/s1. The topological polar surface area (TPSA) is 270 Å². The monoisotopic (exact) mass is 785 g/mol. The second-order valence-corrected chi connectivity index (χ2v) is 16.8. The summed E-state index contributed by atoms with van der Waals surface area (Å²) in [7, 11) is -5.25. The van der Waals surface area contributed by atoms with E-state index in [9.17, 15) is 28.4 Å². The molecule has 3 aromatic rings. The van der Waals surface area contributed by atoms with Gasteiger partial charge in [-0.15, -0.1) is 0 Å². The lowest BCUT2D eigenvalue weighted by molar-refractivity contribution is -0.148. The van der Waals surface area contributed by atoms with Gasteiger partial charge >= 0.3 is 26.3 Å². The van der Waals surface area contributed by atoms with Crippen LogP contribution in [0.5, 0.6) is 0 Å². The maximum absolute atomic E-state index is 16.2. The van der Waals surface area contributed by atoms with Crippen molar-refractivity contribution in [2.45, 2.75) is 69.2 Å². The summed E-state index contributed by atoms with van der Waals surface area (Å²) in [6.45, 7) is -3.77. The van der Waals surface area contributed by atoms with Gasteiger partial charge in [0.15, 0.2) is 36.3 Å². The van der Waals surface area contributed by atoms with Crippen LogP contribution in [0.1, 0.15) is 26.3 Å². The van der Waals surface area contributed by atoms with Gasteiger partial charge in [0.1, 0.15) is 48.8 Å². The molecular formula is C25H31F2N7O14P2S. The third-order valence-corrected chi connectivity index (χ3v) is 11.9. The molecule has 6 heterocycles. The lowest BCUT2D eigenvalue weighted by Crippen LogP contribution is -2.37. The Balaban J connectivity index is 1.32. The first-order chi connectivity index (χ1) is 24.1. The van der Waals surface area contributed by atoms with Crippen LogP contribution in [0.2, 0.25) is 0 Å². The number of aromatic nitrogens is 6. The predicted octanol–water partition coefficient (Wildman–Crippen LogP) is 1.11. The van der Waals surface area contributed by atoms with Crippen LogP contribution in [0.3, 0.4) is 0 Å². The first-order valence-electron chi connectivity index (χ1n) is 15.0. The summed E-state index contributed by atoms with van der Waals surface area (Å²) < 4.78 is 105. The van der Waals surface area contributed by atoms with Gasteiger partial charge in [-0.1, -0.05) is 0 Å². The second kappa shape index (κ2) is 15.1. The molecule has 6 rings (SSSR count). The third-order valence-electron chi connectivity index (χ3n) is 7.59. The van der Waals surface area contributed by atoms with Gasteiger partial charge in [0.2, 0.25) is 0 Å². The number of hydrogen-bond acceptors (Lipinski definition) is 18. The molecule has 0 spiro atoms. The number of ether oxygens (including phenoxy) is 4. The summed E-state index contributed by atoms with van der Waals surface area (Å²) in [5.41, 5.74) is 4.10. The number of fused-ring (bicyclic) bond motifs is 4. The highest BCUT2D eigenvalue weighted by molar-refractivity contribution is 8.55. The zero-order valence-electron chi connectivity index (χ0n) is 26.5. The molecule has 3 aliphatic heterocycles. The van der Waals surface area contributed by atoms with Crippen molar-refractivity contribution >= 4 is 49.0 Å². The molecule has 0 saturated carbocycles. The molecule has 0 amide bonds. The maximum Gasteiger partial charge on any atom is 0.472 e. The van der Waals surface area contributed by atoms with Crippen LogP contribution in [0.4, 0.5) is 14.6 Å². The van der Waals surface area contributed by atoms with Crippen LogP contribution < -0.4 is 17.0 Å². The summed E-state index contributed by atoms with van der Waals surface area (Å²) in [6, 6.07) is 0.918. The van der Waals surface area contributed by atoms with E-state index in [2.05, 4.69) is 15.0 Å². The molecule has 0 aromatic carbocycles. The molecule has 280 valence electrons. The zero-order chi connectivity index (χ0) is 36.7. The number of H-pyrrole nitrogens is 1. The number of anilines is 1. The largest absolute Gasteiger partial charge is 0.472 e. The molecule has 2 bridgehead atoms. The number of halogens is 2. The highest BCUT2D eigenvalue weighted by Gasteiger charge is 2.55. The highest BCUT2D eigenvalue weighted by Crippen LogP contribution is 2.64. The van der Waals surface area contributed by atoms with E-state index in [4.69, 9.17) is 42.8 Å². The van der Waals surface area contributed by atoms with Crippen LogP contribution in [0.25, 0.3) is 11.2 Å². The van der Waals surface area contributed by atoms with Crippen molar-refractivity contribution in [2.75, 3.05) is 31.5 Å². The average Bonchev–Trinajstić information content (AvgIpc) is 3.72. The quantitative estimate of drug-likeness (QED) is 0.164. The minimum atomic E-state index is -5.25. The molecule has 51 heavy (non-hydrogen) atoms. The Bertz CT molecular complexity index is 1970. The molecule has 10 atom stereocenters. The average molecular weight is 786 g/mol. The van der Waals surface area contributed by atoms with Crippen molar-refractivity contribution in [2.24, 2.45) is 0 Å². The predicted molar refractivity (Wildman–Crippen MR) is 167 cm³/mol. The molecular weight excluding hydrogens is 754 g/mol. The van der Waals surface area contributed by atoms with E-state index in [1.165, 1.54) is 0 Å². The first kappa shape index (κ1) is 37.6. The molecule has 3 saturated heterocycles. The number of nitrogens with zero attached hydrogens (tertiary/aromatic N) is 5. The van der Waals surface area contributed by atoms with Crippen molar-refractivity contribution in [3.05, 3.63) is 45.8 Å². The van der Waals surface area contributed by atoms with Gasteiger partial charge in [-0.2, -0.15) is 0 Å². The minimum absolute atomic E-state index is 0.0282. The number of phosphoric acid groups is 1. The third kappa shape index (κ3) is 8.25. The molecule has 26 heteroatoms. The van der Waals surface area contributed by atoms with Crippen molar-refractivity contribution in [3.63, 3.8) is 0 Å². The van der Waals surface area contributed by atoms with Crippen LogP contribution in [-0.2, 0) is 51.0 Å². The summed E-state index contributed by atoms with van der Waals surface area (Å²) >= 11 is 0.272. The Labute approximate surface area is 288 Å². The number of aromatic amines is 1. The second-order valence-electron chi connectivity index (χ2n) is 11.4. The summed E-state index contributed by atoms with van der Waals surface area (Å²) in [5.74, 6) is -1.58. The van der Waals surface area contributed by atoms with Crippen molar-refractivity contribution < 1.29 is 64.6 Å². The van der Waals surface area contributed by atoms with Gasteiger partial charge in [-0.3, -0.25) is 37.0 Å². The molecule has 0 aliphatic carbocycles. The molecule has 4 N–H and O–H groups in total. The number of hydrogen-bond donors (Lipinski definition) is 3. The number of nitrogens with two attached hydrogens (primary N) is 1. The molecule has 3 fully saturated rings. The molecule has 3 aromatic heterocycles. The Morgan fingerprint density at radius 3 is 2.57 bits per heavy atom. The first-order valence-corrected chi connectivity index (χ1v) is 19.6. The van der Waals surface area contributed by atoms with Crippen LogP contribution >= 0.6 is 26.0 Å². The van der Waals surface area contributed by atoms with Gasteiger partial charge in [-0.05, 0) is 13.8 Å². The van der Waals surface area contributed by atoms with Crippen molar-refractivity contribution in [1.82, 2.24) is 29.1 Å². The number of nitrogens with one attached hydrogen (secondary N) is 1. The van der Waals surface area contributed by atoms with E-state index < -0.39 is 107 Å². The van der Waals surface area contributed by atoms with E-state index in [-0.39, 0.29) is 34.5 Å². The highest BCUT2D eigenvalue weighted by atomic mass is 32.7. The van der Waals surface area contributed by atoms with E-state index in [1.807, 2.05) is 4.98 Å². The molecule has 2 unspecified atom stereocenters. The number of carbonyl (C=O) groups excluding carboxylic acids is 1. The van der Waals surface area contributed by atoms with Gasteiger partial charge in [0.25, 0.3) is 5.56 Å². The van der Waals surface area contributed by atoms with Gasteiger partial charge < -0.3 is 29.6 Å². The Morgan fingerprint density at radius 1 is 1.08 bits per heavy atom. The maximum atomic E-state index is 16.2. The fraction of sp³-hybridized carbons (Fsp3) is 0.600. The zero-order valence-corrected chi connectivity index (χ0v) is 29.1. The normalized spacial score (nSPS) is 34.5. The van der Waals surface area contributed by atoms with E-state index in [1.54, 1.807) is 13.8 Å². The fourth-order valence-corrected chi connectivity index (χ4v) is 8.97. The Morgan fingerprint density at radius 2 is 1.82 bits per heavy atom. The fourth-order valence-electron chi connectivity index (χ4n) is 5.22. The minimum Gasteiger partial charge on any atom is -0.452 e. The van der Waals surface area contributed by atoms with Crippen LogP contribution in [0.15, 0.2) is 34.5 Å². The molecule has 21 nitrogen and oxygen atoms in total. The Hall–Kier alpha value is -3.15. The number of imidazole rings is 1. The van der Waals surface area contributed by atoms with Gasteiger partial charge in [-0.25, -0.2) is 42.5 Å².